The van der Waals surface area contributed by atoms with Crippen LogP contribution in [0.15, 0.2) is 59.8 Å². The largest absolute Gasteiger partial charge is 0.491 e. The third-order valence-corrected chi connectivity index (χ3v) is 5.17. The number of ether oxygens (including phenoxy) is 2. The normalized spacial score (nSPS) is 10.9. The standard InChI is InChI=1S/C20H22ClN3O2S/c1-25-12-11-24-19(15-16-7-3-2-4-8-16)22-23-20(24)27-14-13-26-18-10-6-5-9-17(18)21/h2-10H,11-15H2,1H3. The SMILES string of the molecule is COCCn1c(Cc2ccccc2)nnc1SCCOc1ccccc1Cl. The zero-order chi connectivity index (χ0) is 18.9. The van der Waals surface area contributed by atoms with E-state index in [2.05, 4.69) is 26.9 Å². The molecule has 0 saturated carbocycles. The van der Waals surface area contributed by atoms with Gasteiger partial charge in [-0.3, -0.25) is 0 Å². The van der Waals surface area contributed by atoms with Crippen molar-refractivity contribution in [3.63, 3.8) is 0 Å². The fourth-order valence-electron chi connectivity index (χ4n) is 2.59. The number of thioether (sulfide) groups is 1. The average Bonchev–Trinajstić information content (AvgIpc) is 3.07. The Morgan fingerprint density at radius 1 is 1.00 bits per heavy atom. The second kappa shape index (κ2) is 10.3. The number of aromatic nitrogens is 3. The summed E-state index contributed by atoms with van der Waals surface area (Å²) < 4.78 is 13.1. The van der Waals surface area contributed by atoms with E-state index in [1.54, 1.807) is 18.9 Å². The summed E-state index contributed by atoms with van der Waals surface area (Å²) in [4.78, 5) is 0. The molecule has 5 nitrogen and oxygen atoms in total. The maximum Gasteiger partial charge on any atom is 0.191 e. The first-order valence-electron chi connectivity index (χ1n) is 8.73. The Hall–Kier alpha value is -2.02. The molecule has 0 atom stereocenters. The van der Waals surface area contributed by atoms with E-state index < -0.39 is 0 Å². The Kier molecular flexibility index (Phi) is 7.56. The van der Waals surface area contributed by atoms with Gasteiger partial charge in [-0.1, -0.05) is 65.8 Å². The molecule has 0 bridgehead atoms. The number of rotatable bonds is 10. The molecule has 0 radical (unpaired) electrons. The zero-order valence-electron chi connectivity index (χ0n) is 15.2. The molecule has 2 aromatic carbocycles. The maximum atomic E-state index is 6.11. The molecule has 142 valence electrons. The fraction of sp³-hybridized carbons (Fsp3) is 0.300. The highest BCUT2D eigenvalue weighted by Crippen LogP contribution is 2.24. The molecule has 27 heavy (non-hydrogen) atoms. The van der Waals surface area contributed by atoms with Gasteiger partial charge in [0.2, 0.25) is 0 Å². The highest BCUT2D eigenvalue weighted by atomic mass is 35.5. The van der Waals surface area contributed by atoms with Crippen LogP contribution in [0.5, 0.6) is 5.75 Å². The first-order chi connectivity index (χ1) is 13.3. The van der Waals surface area contributed by atoms with Gasteiger partial charge in [0.15, 0.2) is 5.16 Å². The van der Waals surface area contributed by atoms with Gasteiger partial charge in [0.25, 0.3) is 0 Å². The van der Waals surface area contributed by atoms with Crippen LogP contribution in [0.3, 0.4) is 0 Å². The number of hydrogen-bond acceptors (Lipinski definition) is 5. The van der Waals surface area contributed by atoms with Crippen molar-refractivity contribution in [1.82, 2.24) is 14.8 Å². The van der Waals surface area contributed by atoms with E-state index in [4.69, 9.17) is 21.1 Å². The van der Waals surface area contributed by atoms with Crippen LogP contribution in [0.4, 0.5) is 0 Å². The average molecular weight is 404 g/mol. The Morgan fingerprint density at radius 2 is 1.78 bits per heavy atom. The van der Waals surface area contributed by atoms with E-state index in [-0.39, 0.29) is 0 Å². The monoisotopic (exact) mass is 403 g/mol. The van der Waals surface area contributed by atoms with Gasteiger partial charge in [-0.15, -0.1) is 10.2 Å². The van der Waals surface area contributed by atoms with Crippen LogP contribution in [0.2, 0.25) is 5.02 Å². The summed E-state index contributed by atoms with van der Waals surface area (Å²) in [5, 5.41) is 10.3. The molecular weight excluding hydrogens is 382 g/mol. The second-order valence-electron chi connectivity index (χ2n) is 5.83. The van der Waals surface area contributed by atoms with Gasteiger partial charge in [0.05, 0.1) is 18.2 Å². The van der Waals surface area contributed by atoms with Crippen LogP contribution in [0.1, 0.15) is 11.4 Å². The molecule has 0 aliphatic carbocycles. The highest BCUT2D eigenvalue weighted by molar-refractivity contribution is 7.99. The number of nitrogens with zero attached hydrogens (tertiary/aromatic N) is 3. The third-order valence-electron chi connectivity index (χ3n) is 3.93. The molecule has 0 aliphatic heterocycles. The maximum absolute atomic E-state index is 6.11. The van der Waals surface area contributed by atoms with Crippen molar-refractivity contribution in [3.8, 4) is 5.75 Å². The van der Waals surface area contributed by atoms with Gasteiger partial charge in [0.1, 0.15) is 11.6 Å². The van der Waals surface area contributed by atoms with Gasteiger partial charge >= 0.3 is 0 Å². The van der Waals surface area contributed by atoms with Crippen molar-refractivity contribution in [3.05, 3.63) is 71.0 Å². The van der Waals surface area contributed by atoms with Gasteiger partial charge in [-0.05, 0) is 17.7 Å². The Bertz CT molecular complexity index is 842. The molecule has 1 aromatic heterocycles. The minimum absolute atomic E-state index is 0.541. The van der Waals surface area contributed by atoms with E-state index in [1.165, 1.54) is 5.56 Å². The molecule has 3 rings (SSSR count). The number of hydrogen-bond donors (Lipinski definition) is 0. The molecule has 0 N–H and O–H groups in total. The van der Waals surface area contributed by atoms with E-state index in [0.29, 0.717) is 24.0 Å². The van der Waals surface area contributed by atoms with Crippen LogP contribution >= 0.6 is 23.4 Å². The number of para-hydroxylation sites is 1. The minimum Gasteiger partial charge on any atom is -0.491 e. The summed E-state index contributed by atoms with van der Waals surface area (Å²) in [6, 6.07) is 17.8. The summed E-state index contributed by atoms with van der Waals surface area (Å²) in [5.41, 5.74) is 1.21. The predicted octanol–water partition coefficient (Wildman–Crippen LogP) is 4.34. The second-order valence-corrected chi connectivity index (χ2v) is 7.30. The Labute approximate surface area is 168 Å². The van der Waals surface area contributed by atoms with E-state index in [0.717, 1.165) is 29.7 Å². The molecule has 0 unspecified atom stereocenters. The molecule has 0 fully saturated rings. The van der Waals surface area contributed by atoms with Crippen molar-refractivity contribution in [2.45, 2.75) is 18.1 Å². The van der Waals surface area contributed by atoms with E-state index in [9.17, 15) is 0 Å². The van der Waals surface area contributed by atoms with Crippen molar-refractivity contribution in [2.24, 2.45) is 0 Å². The lowest BCUT2D eigenvalue weighted by Crippen LogP contribution is -2.11. The molecule has 0 saturated heterocycles. The van der Waals surface area contributed by atoms with Gasteiger partial charge in [-0.2, -0.15) is 0 Å². The molecule has 0 spiro atoms. The first kappa shape index (κ1) is 19.7. The van der Waals surface area contributed by atoms with Gasteiger partial charge in [0, 0.05) is 25.8 Å². The first-order valence-corrected chi connectivity index (χ1v) is 10.1. The summed E-state index contributed by atoms with van der Waals surface area (Å²) in [7, 11) is 1.70. The molecular formula is C20H22ClN3O2S. The number of methoxy groups -OCH3 is 1. The minimum atomic E-state index is 0.541. The summed E-state index contributed by atoms with van der Waals surface area (Å²) >= 11 is 7.73. The summed E-state index contributed by atoms with van der Waals surface area (Å²) in [6.45, 7) is 1.88. The van der Waals surface area contributed by atoms with Crippen LogP contribution in [-0.4, -0.2) is 40.8 Å². The Morgan fingerprint density at radius 3 is 2.56 bits per heavy atom. The predicted molar refractivity (Wildman–Crippen MR) is 109 cm³/mol. The molecule has 7 heteroatoms. The quantitative estimate of drug-likeness (QED) is 0.372. The van der Waals surface area contributed by atoms with Crippen molar-refractivity contribution in [1.29, 1.82) is 0 Å². The Balaban J connectivity index is 1.61. The highest BCUT2D eigenvalue weighted by Gasteiger charge is 2.13. The van der Waals surface area contributed by atoms with Crippen LogP contribution < -0.4 is 4.74 Å². The molecule has 0 aliphatic rings. The summed E-state index contributed by atoms with van der Waals surface area (Å²) in [6.07, 6.45) is 0.744. The van der Waals surface area contributed by atoms with Crippen LogP contribution in [-0.2, 0) is 17.7 Å². The van der Waals surface area contributed by atoms with Crippen LogP contribution in [0, 0.1) is 0 Å². The van der Waals surface area contributed by atoms with Crippen molar-refractivity contribution < 1.29 is 9.47 Å². The lowest BCUT2D eigenvalue weighted by Gasteiger charge is -2.10. The molecule has 1 heterocycles. The number of halogens is 1. The van der Waals surface area contributed by atoms with Gasteiger partial charge < -0.3 is 14.0 Å². The fourth-order valence-corrected chi connectivity index (χ4v) is 3.58. The van der Waals surface area contributed by atoms with E-state index >= 15 is 0 Å². The zero-order valence-corrected chi connectivity index (χ0v) is 16.7. The lowest BCUT2D eigenvalue weighted by atomic mass is 10.1. The molecule has 3 aromatic rings. The van der Waals surface area contributed by atoms with Crippen molar-refractivity contribution >= 4 is 23.4 Å². The third kappa shape index (κ3) is 5.73. The van der Waals surface area contributed by atoms with E-state index in [1.807, 2.05) is 42.5 Å². The number of benzene rings is 2. The summed E-state index contributed by atoms with van der Waals surface area (Å²) in [5.74, 6) is 2.39. The lowest BCUT2D eigenvalue weighted by molar-refractivity contribution is 0.184. The van der Waals surface area contributed by atoms with Crippen LogP contribution in [0.25, 0.3) is 0 Å². The van der Waals surface area contributed by atoms with Gasteiger partial charge in [-0.25, -0.2) is 0 Å². The topological polar surface area (TPSA) is 49.2 Å². The van der Waals surface area contributed by atoms with Crippen molar-refractivity contribution in [2.75, 3.05) is 26.1 Å². The smallest absolute Gasteiger partial charge is 0.191 e. The molecule has 0 amide bonds.